The summed E-state index contributed by atoms with van der Waals surface area (Å²) < 4.78 is 0. The van der Waals surface area contributed by atoms with Gasteiger partial charge in [0.2, 0.25) is 0 Å². The van der Waals surface area contributed by atoms with Crippen LogP contribution in [0.25, 0.3) is 6.08 Å². The van der Waals surface area contributed by atoms with Crippen molar-refractivity contribution in [3.05, 3.63) is 95.8 Å². The van der Waals surface area contributed by atoms with Gasteiger partial charge in [0, 0.05) is 24.8 Å². The maximum absolute atomic E-state index is 14.2. The summed E-state index contributed by atoms with van der Waals surface area (Å²) in [6.45, 7) is 0.921. The van der Waals surface area contributed by atoms with Gasteiger partial charge in [-0.3, -0.25) is 5.10 Å². The van der Waals surface area contributed by atoms with Crippen molar-refractivity contribution in [1.82, 2.24) is 20.0 Å². The molecule has 5 rings (SSSR count). The second-order valence-corrected chi connectivity index (χ2v) is 9.96. The van der Waals surface area contributed by atoms with Gasteiger partial charge in [-0.25, -0.2) is 4.79 Å². The fraction of sp³-hybridized carbons (Fsp3) is 0.379. The molecule has 188 valence electrons. The zero-order valence-corrected chi connectivity index (χ0v) is 20.4. The van der Waals surface area contributed by atoms with E-state index in [1.165, 1.54) is 0 Å². The van der Waals surface area contributed by atoms with E-state index >= 15 is 0 Å². The number of aromatic amines is 1. The van der Waals surface area contributed by atoms with E-state index in [1.807, 2.05) is 77.7 Å². The molecule has 7 heteroatoms. The molecule has 7 nitrogen and oxygen atoms in total. The summed E-state index contributed by atoms with van der Waals surface area (Å²) in [7, 11) is 0. The Labute approximate surface area is 212 Å². The molecule has 1 aliphatic heterocycles. The molecule has 0 bridgehead atoms. The van der Waals surface area contributed by atoms with E-state index in [2.05, 4.69) is 10.2 Å². The monoisotopic (exact) mass is 486 g/mol. The molecule has 2 aliphatic rings. The number of nitrogens with zero attached hydrogens (tertiary/aromatic N) is 3. The zero-order valence-electron chi connectivity index (χ0n) is 20.4. The molecule has 3 N–H and O–H groups in total. The third-order valence-corrected chi connectivity index (χ3v) is 7.29. The van der Waals surface area contributed by atoms with Crippen molar-refractivity contribution in [1.29, 1.82) is 0 Å². The van der Waals surface area contributed by atoms with Crippen LogP contribution < -0.4 is 0 Å². The van der Waals surface area contributed by atoms with Gasteiger partial charge in [0.25, 0.3) is 0 Å². The molecule has 4 unspecified atom stereocenters. The average molecular weight is 487 g/mol. The van der Waals surface area contributed by atoms with Crippen LogP contribution in [-0.2, 0) is 12.8 Å². The van der Waals surface area contributed by atoms with Crippen molar-refractivity contribution in [2.45, 2.75) is 50.0 Å². The minimum atomic E-state index is -1.09. The number of aliphatic hydroxyl groups is 2. The highest BCUT2D eigenvalue weighted by atomic mass is 16.3. The van der Waals surface area contributed by atoms with Gasteiger partial charge in [0.05, 0.1) is 18.3 Å². The van der Waals surface area contributed by atoms with Gasteiger partial charge in [-0.1, -0.05) is 72.8 Å². The van der Waals surface area contributed by atoms with Crippen molar-refractivity contribution in [3.63, 3.8) is 0 Å². The van der Waals surface area contributed by atoms with Crippen LogP contribution in [0, 0.1) is 5.92 Å². The number of benzene rings is 2. The standard InChI is InChI=1S/C29H34N4O3/c34-27-25(16-21-8-3-1-4-9-21)32(15-7-12-24-18-30-31-19-24)29(36)33(20-23-13-14-23)26(28(27)35)17-22-10-5-2-6-11-22/h1-12,18-19,23,25-28,34-35H,13-17,20H2,(H,30,31)/b12-7+. The first kappa shape index (κ1) is 24.3. The van der Waals surface area contributed by atoms with E-state index in [9.17, 15) is 15.0 Å². The van der Waals surface area contributed by atoms with Gasteiger partial charge in [0.15, 0.2) is 0 Å². The number of urea groups is 1. The quantitative estimate of drug-likeness (QED) is 0.432. The smallest absolute Gasteiger partial charge is 0.321 e. The SMILES string of the molecule is O=C1N(C/C=C/c2cn[nH]c2)C(Cc2ccccc2)C(O)C(O)C(Cc2ccccc2)N1CC1CC1. The minimum absolute atomic E-state index is 0.129. The molecular weight excluding hydrogens is 452 g/mol. The second kappa shape index (κ2) is 11.1. The lowest BCUT2D eigenvalue weighted by Crippen LogP contribution is -2.51. The number of hydrogen-bond donors (Lipinski definition) is 3. The van der Waals surface area contributed by atoms with Crippen molar-refractivity contribution in [3.8, 4) is 0 Å². The molecule has 2 fully saturated rings. The molecule has 1 saturated heterocycles. The Hall–Kier alpha value is -3.42. The highest BCUT2D eigenvalue weighted by Gasteiger charge is 2.47. The molecule has 2 amide bonds. The topological polar surface area (TPSA) is 92.7 Å². The normalized spacial score (nSPS) is 24.9. The van der Waals surface area contributed by atoms with Crippen molar-refractivity contribution in [2.24, 2.45) is 5.92 Å². The average Bonchev–Trinajstić information content (AvgIpc) is 3.59. The van der Waals surface area contributed by atoms with Crippen LogP contribution in [0.4, 0.5) is 4.79 Å². The number of H-pyrrole nitrogens is 1. The van der Waals surface area contributed by atoms with Crippen LogP contribution >= 0.6 is 0 Å². The van der Waals surface area contributed by atoms with E-state index in [1.54, 1.807) is 17.3 Å². The van der Waals surface area contributed by atoms with Crippen LogP contribution in [0.3, 0.4) is 0 Å². The Morgan fingerprint density at radius 3 is 2.00 bits per heavy atom. The van der Waals surface area contributed by atoms with Gasteiger partial charge in [-0.15, -0.1) is 0 Å². The molecule has 4 atom stereocenters. The number of carbonyl (C=O) groups is 1. The third-order valence-electron chi connectivity index (χ3n) is 7.29. The Morgan fingerprint density at radius 2 is 1.47 bits per heavy atom. The summed E-state index contributed by atoms with van der Waals surface area (Å²) in [5, 5.41) is 29.9. The first-order chi connectivity index (χ1) is 17.6. The molecule has 1 saturated carbocycles. The van der Waals surface area contributed by atoms with Crippen LogP contribution in [0.5, 0.6) is 0 Å². The fourth-order valence-corrected chi connectivity index (χ4v) is 5.11. The molecule has 36 heavy (non-hydrogen) atoms. The van der Waals surface area contributed by atoms with E-state index in [-0.39, 0.29) is 6.03 Å². The molecule has 2 aromatic carbocycles. The number of amides is 2. The molecule has 0 radical (unpaired) electrons. The first-order valence-corrected chi connectivity index (χ1v) is 12.8. The maximum Gasteiger partial charge on any atom is 0.321 e. The largest absolute Gasteiger partial charge is 0.388 e. The first-order valence-electron chi connectivity index (χ1n) is 12.8. The van der Waals surface area contributed by atoms with Crippen molar-refractivity contribution < 1.29 is 15.0 Å². The van der Waals surface area contributed by atoms with Crippen LogP contribution in [0.2, 0.25) is 0 Å². The van der Waals surface area contributed by atoms with E-state index < -0.39 is 24.3 Å². The van der Waals surface area contributed by atoms with E-state index in [0.29, 0.717) is 31.8 Å². The summed E-state index contributed by atoms with van der Waals surface area (Å²) >= 11 is 0. The lowest BCUT2D eigenvalue weighted by Gasteiger charge is -2.35. The number of nitrogens with one attached hydrogen (secondary N) is 1. The molecular formula is C29H34N4O3. The van der Waals surface area contributed by atoms with E-state index in [0.717, 1.165) is 29.5 Å². The predicted molar refractivity (Wildman–Crippen MR) is 139 cm³/mol. The number of aromatic nitrogens is 2. The Bertz CT molecular complexity index is 1130. The summed E-state index contributed by atoms with van der Waals surface area (Å²) in [5.41, 5.74) is 2.96. The summed E-state index contributed by atoms with van der Waals surface area (Å²) in [5.74, 6) is 0.450. The summed E-state index contributed by atoms with van der Waals surface area (Å²) in [6, 6.07) is 18.6. The van der Waals surface area contributed by atoms with Gasteiger partial charge in [-0.05, 0) is 42.7 Å². The lowest BCUT2D eigenvalue weighted by molar-refractivity contribution is -0.0389. The molecule has 0 spiro atoms. The number of aliphatic hydroxyl groups excluding tert-OH is 2. The summed E-state index contributed by atoms with van der Waals surface area (Å²) in [6.07, 6.45) is 8.32. The summed E-state index contributed by atoms with van der Waals surface area (Å²) in [4.78, 5) is 17.7. The van der Waals surface area contributed by atoms with Gasteiger partial charge in [-0.2, -0.15) is 5.10 Å². The number of hydrogen-bond acceptors (Lipinski definition) is 4. The fourth-order valence-electron chi connectivity index (χ4n) is 5.11. The van der Waals surface area contributed by atoms with E-state index in [4.69, 9.17) is 0 Å². The Balaban J connectivity index is 1.49. The highest BCUT2D eigenvalue weighted by Crippen LogP contribution is 2.34. The lowest BCUT2D eigenvalue weighted by atomic mass is 9.91. The number of rotatable bonds is 9. The zero-order chi connectivity index (χ0) is 24.9. The Kier molecular flexibility index (Phi) is 7.49. The van der Waals surface area contributed by atoms with Gasteiger partial charge < -0.3 is 20.0 Å². The third kappa shape index (κ3) is 5.69. The molecule has 2 heterocycles. The minimum Gasteiger partial charge on any atom is -0.388 e. The molecule has 1 aromatic heterocycles. The van der Waals surface area contributed by atoms with Crippen LogP contribution in [0.15, 0.2) is 79.1 Å². The second-order valence-electron chi connectivity index (χ2n) is 9.96. The highest BCUT2D eigenvalue weighted by molar-refractivity contribution is 5.76. The van der Waals surface area contributed by atoms with Crippen LogP contribution in [-0.4, -0.2) is 73.6 Å². The van der Waals surface area contributed by atoms with Crippen molar-refractivity contribution in [2.75, 3.05) is 13.1 Å². The molecule has 1 aliphatic carbocycles. The maximum atomic E-state index is 14.2. The van der Waals surface area contributed by atoms with Crippen molar-refractivity contribution >= 4 is 12.1 Å². The Morgan fingerprint density at radius 1 is 0.889 bits per heavy atom. The predicted octanol–water partition coefficient (Wildman–Crippen LogP) is 3.51. The van der Waals surface area contributed by atoms with Crippen LogP contribution in [0.1, 0.15) is 29.5 Å². The van der Waals surface area contributed by atoms with Gasteiger partial charge in [0.1, 0.15) is 12.2 Å². The number of carbonyl (C=O) groups excluding carboxylic acids is 1. The van der Waals surface area contributed by atoms with Gasteiger partial charge >= 0.3 is 6.03 Å². The molecule has 3 aromatic rings.